The minimum absolute atomic E-state index is 0.0221. The van der Waals surface area contributed by atoms with Crippen LogP contribution in [0.4, 0.5) is 0 Å². The molecule has 1 amide bonds. The summed E-state index contributed by atoms with van der Waals surface area (Å²) in [6, 6.07) is 7.43. The summed E-state index contributed by atoms with van der Waals surface area (Å²) in [5.74, 6) is 0.0819. The number of rotatable bonds is 3. The molecule has 0 atom stereocenters. The Labute approximate surface area is 113 Å². The number of nitrogens with zero attached hydrogens (tertiary/aromatic N) is 1. The van der Waals surface area contributed by atoms with Gasteiger partial charge in [-0.2, -0.15) is 0 Å². The van der Waals surface area contributed by atoms with Crippen LogP contribution in [0.3, 0.4) is 0 Å². The van der Waals surface area contributed by atoms with E-state index in [1.54, 1.807) is 24.3 Å². The Kier molecular flexibility index (Phi) is 4.32. The Morgan fingerprint density at radius 3 is 2.11 bits per heavy atom. The van der Waals surface area contributed by atoms with Crippen molar-refractivity contribution in [2.45, 2.75) is 25.8 Å². The molecule has 1 aliphatic rings. The lowest BCUT2D eigenvalue weighted by atomic mass is 10.0. The lowest BCUT2D eigenvalue weighted by Crippen LogP contribution is -2.43. The van der Waals surface area contributed by atoms with Crippen LogP contribution in [0.25, 0.3) is 0 Å². The number of amides is 1. The molecule has 0 aliphatic carbocycles. The molecule has 0 spiro atoms. The van der Waals surface area contributed by atoms with Crippen molar-refractivity contribution in [1.29, 1.82) is 0 Å². The molecule has 0 aromatic heterocycles. The summed E-state index contributed by atoms with van der Waals surface area (Å²) in [5, 5.41) is 3.25. The summed E-state index contributed by atoms with van der Waals surface area (Å²) in [5.41, 5.74) is 1.30. The fraction of sp³-hybridized carbons (Fsp3) is 0.467. The summed E-state index contributed by atoms with van der Waals surface area (Å²) in [4.78, 5) is 25.4. The van der Waals surface area contributed by atoms with Gasteiger partial charge in [-0.15, -0.1) is 0 Å². The Hall–Kier alpha value is -1.68. The summed E-state index contributed by atoms with van der Waals surface area (Å²) in [6.45, 7) is 3.11. The van der Waals surface area contributed by atoms with E-state index < -0.39 is 0 Å². The normalized spacial score (nSPS) is 16.4. The van der Waals surface area contributed by atoms with Crippen molar-refractivity contribution in [1.82, 2.24) is 10.2 Å². The van der Waals surface area contributed by atoms with Crippen molar-refractivity contribution < 1.29 is 9.59 Å². The predicted octanol–water partition coefficient (Wildman–Crippen LogP) is 1.71. The highest BCUT2D eigenvalue weighted by Crippen LogP contribution is 2.14. The van der Waals surface area contributed by atoms with E-state index in [2.05, 4.69) is 5.32 Å². The third-order valence-corrected chi connectivity index (χ3v) is 3.73. The van der Waals surface area contributed by atoms with Crippen molar-refractivity contribution in [2.75, 3.05) is 20.1 Å². The molecule has 4 nitrogen and oxygen atoms in total. The zero-order valence-corrected chi connectivity index (χ0v) is 11.5. The molecule has 0 unspecified atom stereocenters. The van der Waals surface area contributed by atoms with E-state index >= 15 is 0 Å². The van der Waals surface area contributed by atoms with Crippen LogP contribution in [0.15, 0.2) is 24.3 Å². The molecule has 1 aromatic carbocycles. The fourth-order valence-corrected chi connectivity index (χ4v) is 2.40. The van der Waals surface area contributed by atoms with Crippen molar-refractivity contribution in [3.05, 3.63) is 35.4 Å². The molecule has 1 aromatic rings. The van der Waals surface area contributed by atoms with Crippen LogP contribution in [-0.2, 0) is 0 Å². The number of carbonyl (C=O) groups excluding carboxylic acids is 2. The SMILES string of the molecule is CNC1CCN(C(=O)c2ccc(C(C)=O)cc2)CC1. The maximum Gasteiger partial charge on any atom is 0.253 e. The molecular weight excluding hydrogens is 240 g/mol. The number of piperidine rings is 1. The molecule has 2 rings (SSSR count). The third-order valence-electron chi connectivity index (χ3n) is 3.73. The van der Waals surface area contributed by atoms with Gasteiger partial charge in [0.25, 0.3) is 5.91 Å². The van der Waals surface area contributed by atoms with Crippen molar-refractivity contribution >= 4 is 11.7 Å². The first-order valence-electron chi connectivity index (χ1n) is 6.69. The summed E-state index contributed by atoms with van der Waals surface area (Å²) in [7, 11) is 1.96. The molecule has 0 radical (unpaired) electrons. The number of likely N-dealkylation sites (tertiary alicyclic amines) is 1. The van der Waals surface area contributed by atoms with Crippen LogP contribution >= 0.6 is 0 Å². The molecule has 1 fully saturated rings. The molecule has 1 N–H and O–H groups in total. The van der Waals surface area contributed by atoms with Gasteiger partial charge in [-0.3, -0.25) is 9.59 Å². The number of ketones is 1. The van der Waals surface area contributed by atoms with Crippen LogP contribution < -0.4 is 5.32 Å². The van der Waals surface area contributed by atoms with Gasteiger partial charge in [0.15, 0.2) is 5.78 Å². The van der Waals surface area contributed by atoms with E-state index in [-0.39, 0.29) is 11.7 Å². The van der Waals surface area contributed by atoms with Crippen LogP contribution in [0.2, 0.25) is 0 Å². The molecule has 19 heavy (non-hydrogen) atoms. The third kappa shape index (κ3) is 3.20. The lowest BCUT2D eigenvalue weighted by molar-refractivity contribution is 0.0707. The van der Waals surface area contributed by atoms with Crippen molar-refractivity contribution in [3.8, 4) is 0 Å². The van der Waals surface area contributed by atoms with Crippen molar-refractivity contribution in [3.63, 3.8) is 0 Å². The predicted molar refractivity (Wildman–Crippen MR) is 74.4 cm³/mol. The van der Waals surface area contributed by atoms with Gasteiger partial charge in [-0.1, -0.05) is 12.1 Å². The smallest absolute Gasteiger partial charge is 0.253 e. The van der Waals surface area contributed by atoms with E-state index in [1.165, 1.54) is 6.92 Å². The van der Waals surface area contributed by atoms with Gasteiger partial charge in [0.1, 0.15) is 0 Å². The van der Waals surface area contributed by atoms with Gasteiger partial charge in [0.2, 0.25) is 0 Å². The monoisotopic (exact) mass is 260 g/mol. The van der Waals surface area contributed by atoms with Gasteiger partial charge in [-0.05, 0) is 38.9 Å². The first-order chi connectivity index (χ1) is 9.11. The minimum Gasteiger partial charge on any atom is -0.339 e. The van der Waals surface area contributed by atoms with Gasteiger partial charge >= 0.3 is 0 Å². The van der Waals surface area contributed by atoms with Crippen LogP contribution in [0.1, 0.15) is 40.5 Å². The van der Waals surface area contributed by atoms with E-state index in [4.69, 9.17) is 0 Å². The van der Waals surface area contributed by atoms with Crippen LogP contribution in [0.5, 0.6) is 0 Å². The Bertz CT molecular complexity index is 460. The summed E-state index contributed by atoms with van der Waals surface area (Å²) >= 11 is 0. The lowest BCUT2D eigenvalue weighted by Gasteiger charge is -2.31. The number of Topliss-reactive ketones (excluding diaryl/α,β-unsaturated/α-hetero) is 1. The quantitative estimate of drug-likeness (QED) is 0.842. The first kappa shape index (κ1) is 13.7. The molecule has 4 heteroatoms. The maximum atomic E-state index is 12.3. The summed E-state index contributed by atoms with van der Waals surface area (Å²) < 4.78 is 0. The van der Waals surface area contributed by atoms with Gasteiger partial charge in [0, 0.05) is 30.3 Å². The molecule has 102 valence electrons. The molecule has 0 bridgehead atoms. The van der Waals surface area contributed by atoms with E-state index in [1.807, 2.05) is 11.9 Å². The largest absolute Gasteiger partial charge is 0.339 e. The Morgan fingerprint density at radius 1 is 1.11 bits per heavy atom. The second kappa shape index (κ2) is 5.97. The van der Waals surface area contributed by atoms with Crippen molar-refractivity contribution in [2.24, 2.45) is 0 Å². The second-order valence-corrected chi connectivity index (χ2v) is 4.99. The van der Waals surface area contributed by atoms with Gasteiger partial charge < -0.3 is 10.2 Å². The average molecular weight is 260 g/mol. The zero-order chi connectivity index (χ0) is 13.8. The number of nitrogens with one attached hydrogen (secondary N) is 1. The van der Waals surface area contributed by atoms with Gasteiger partial charge in [0.05, 0.1) is 0 Å². The Balaban J connectivity index is 2.02. The number of hydrogen-bond donors (Lipinski definition) is 1. The fourth-order valence-electron chi connectivity index (χ4n) is 2.40. The number of carbonyl (C=O) groups is 2. The van der Waals surface area contributed by atoms with Gasteiger partial charge in [-0.25, -0.2) is 0 Å². The Morgan fingerprint density at radius 2 is 1.63 bits per heavy atom. The molecule has 1 saturated heterocycles. The van der Waals surface area contributed by atoms with Crippen LogP contribution in [-0.4, -0.2) is 42.8 Å². The van der Waals surface area contributed by atoms with E-state index in [0.717, 1.165) is 25.9 Å². The zero-order valence-electron chi connectivity index (χ0n) is 11.5. The minimum atomic E-state index is 0.0221. The van der Waals surface area contributed by atoms with E-state index in [9.17, 15) is 9.59 Å². The molecule has 1 heterocycles. The number of hydrogen-bond acceptors (Lipinski definition) is 3. The highest BCUT2D eigenvalue weighted by molar-refractivity contribution is 5.97. The molecular formula is C15H20N2O2. The summed E-state index contributed by atoms with van der Waals surface area (Å²) in [6.07, 6.45) is 1.99. The van der Waals surface area contributed by atoms with Crippen LogP contribution in [0, 0.1) is 0 Å². The number of benzene rings is 1. The average Bonchev–Trinajstić information content (AvgIpc) is 2.46. The first-order valence-corrected chi connectivity index (χ1v) is 6.69. The maximum absolute atomic E-state index is 12.3. The highest BCUT2D eigenvalue weighted by atomic mass is 16.2. The standard InChI is InChI=1S/C15H20N2O2/c1-11(18)12-3-5-13(6-4-12)15(19)17-9-7-14(16-2)8-10-17/h3-6,14,16H,7-10H2,1-2H3. The highest BCUT2D eigenvalue weighted by Gasteiger charge is 2.22. The topological polar surface area (TPSA) is 49.4 Å². The van der Waals surface area contributed by atoms with E-state index in [0.29, 0.717) is 17.2 Å². The molecule has 0 saturated carbocycles. The second-order valence-electron chi connectivity index (χ2n) is 4.99. The molecule has 1 aliphatic heterocycles.